The number of carbonyl (C=O) groups excluding carboxylic acids is 1. The molecule has 7 heteroatoms. The summed E-state index contributed by atoms with van der Waals surface area (Å²) < 4.78 is 11.8. The Hall–Kier alpha value is -1.50. The molecule has 1 atom stereocenters. The van der Waals surface area contributed by atoms with Crippen molar-refractivity contribution in [2.24, 2.45) is 0 Å². The zero-order valence-corrected chi connectivity index (χ0v) is 12.0. The Morgan fingerprint density at radius 3 is 3.00 bits per heavy atom. The van der Waals surface area contributed by atoms with Crippen molar-refractivity contribution in [1.82, 2.24) is 14.9 Å². The Balaban J connectivity index is 1.89. The summed E-state index contributed by atoms with van der Waals surface area (Å²) in [6.07, 6.45) is 3.46. The number of amides is 1. The van der Waals surface area contributed by atoms with E-state index in [0.717, 1.165) is 23.4 Å². The van der Waals surface area contributed by atoms with Crippen molar-refractivity contribution in [3.63, 3.8) is 0 Å². The van der Waals surface area contributed by atoms with E-state index in [1.807, 2.05) is 0 Å². The molecular weight excluding hydrogens is 264 g/mol. The van der Waals surface area contributed by atoms with Crippen LogP contribution in [0.15, 0.2) is 11.2 Å². The summed E-state index contributed by atoms with van der Waals surface area (Å²) in [5.41, 5.74) is 0.875. The Kier molecular flexibility index (Phi) is 4.47. The van der Waals surface area contributed by atoms with E-state index >= 15 is 0 Å². The zero-order valence-electron chi connectivity index (χ0n) is 11.2. The van der Waals surface area contributed by atoms with Crippen LogP contribution in [0.25, 0.3) is 0 Å². The molecule has 6 nitrogen and oxygen atoms in total. The number of hydrogen-bond donors (Lipinski definition) is 1. The Labute approximate surface area is 115 Å². The highest BCUT2D eigenvalue weighted by Crippen LogP contribution is 2.26. The van der Waals surface area contributed by atoms with Gasteiger partial charge in [-0.25, -0.2) is 9.97 Å². The first kappa shape index (κ1) is 13.9. The van der Waals surface area contributed by atoms with Gasteiger partial charge in [0, 0.05) is 39.2 Å². The fourth-order valence-electron chi connectivity index (χ4n) is 1.91. The highest BCUT2D eigenvalue weighted by atomic mass is 32.2. The summed E-state index contributed by atoms with van der Waals surface area (Å²) in [6, 6.07) is 0. The van der Waals surface area contributed by atoms with Crippen LogP contribution in [0, 0.1) is 0 Å². The number of aryl methyl sites for hydroxylation is 1. The molecule has 0 spiro atoms. The Morgan fingerprint density at radius 2 is 2.26 bits per heavy atom. The second kappa shape index (κ2) is 6.10. The van der Waals surface area contributed by atoms with E-state index in [-0.39, 0.29) is 5.91 Å². The van der Waals surface area contributed by atoms with Gasteiger partial charge >= 0.3 is 0 Å². The van der Waals surface area contributed by atoms with Crippen LogP contribution in [0.5, 0.6) is 0 Å². The number of fused-ring (bicyclic) bond motifs is 1. The number of hydrogen-bond acceptors (Lipinski definition) is 5. The molecule has 104 valence electrons. The molecule has 19 heavy (non-hydrogen) atoms. The first-order valence-electron chi connectivity index (χ1n) is 6.26. The fourth-order valence-corrected chi connectivity index (χ4v) is 3.26. The largest absolute Gasteiger partial charge is 0.369 e. The van der Waals surface area contributed by atoms with Gasteiger partial charge in [-0.05, 0) is 6.42 Å². The minimum absolute atomic E-state index is 0.110. The van der Waals surface area contributed by atoms with Gasteiger partial charge < -0.3 is 10.2 Å². The van der Waals surface area contributed by atoms with Crippen molar-refractivity contribution in [3.05, 3.63) is 12.0 Å². The van der Waals surface area contributed by atoms with E-state index in [9.17, 15) is 9.00 Å². The van der Waals surface area contributed by atoms with Crippen molar-refractivity contribution in [2.75, 3.05) is 31.7 Å². The summed E-state index contributed by atoms with van der Waals surface area (Å²) in [6.45, 7) is 0.639. The number of nitrogens with one attached hydrogen (secondary N) is 1. The quantitative estimate of drug-likeness (QED) is 0.792. The molecule has 0 saturated carbocycles. The topological polar surface area (TPSA) is 75.2 Å². The minimum atomic E-state index is -0.994. The maximum atomic E-state index is 11.8. The highest BCUT2D eigenvalue weighted by Gasteiger charge is 2.23. The van der Waals surface area contributed by atoms with Crippen LogP contribution in [0.4, 0.5) is 5.82 Å². The van der Waals surface area contributed by atoms with Gasteiger partial charge in [0.15, 0.2) is 0 Å². The fraction of sp³-hybridized carbons (Fsp3) is 0.583. The highest BCUT2D eigenvalue weighted by molar-refractivity contribution is 7.85. The van der Waals surface area contributed by atoms with Crippen molar-refractivity contribution >= 4 is 22.5 Å². The smallest absolute Gasteiger partial charge is 0.222 e. The van der Waals surface area contributed by atoms with Crippen LogP contribution in [0.3, 0.4) is 0 Å². The minimum Gasteiger partial charge on any atom is -0.369 e. The summed E-state index contributed by atoms with van der Waals surface area (Å²) in [7, 11) is 2.50. The molecule has 1 aliphatic rings. The van der Waals surface area contributed by atoms with Crippen LogP contribution < -0.4 is 5.32 Å². The maximum Gasteiger partial charge on any atom is 0.222 e. The van der Waals surface area contributed by atoms with Crippen LogP contribution in [-0.2, 0) is 22.0 Å². The second-order valence-corrected chi connectivity index (χ2v) is 6.12. The zero-order chi connectivity index (χ0) is 13.8. The summed E-state index contributed by atoms with van der Waals surface area (Å²) >= 11 is 0. The van der Waals surface area contributed by atoms with E-state index < -0.39 is 10.8 Å². The standard InChI is InChI=1S/C12H18N4O2S/c1-16(2)10(17)4-3-6-13-12-11-9(14-8-15-12)5-7-19(11)18/h8H,3-7H2,1-2H3,(H,13,14,15). The molecular formula is C12H18N4O2S. The molecule has 1 unspecified atom stereocenters. The predicted octanol–water partition coefficient (Wildman–Crippen LogP) is 0.421. The third kappa shape index (κ3) is 3.28. The SMILES string of the molecule is CN(C)C(=O)CCCNc1ncnc2c1S(=O)CC2. The van der Waals surface area contributed by atoms with Crippen molar-refractivity contribution in [2.45, 2.75) is 24.2 Å². The third-order valence-electron chi connectivity index (χ3n) is 2.99. The lowest BCUT2D eigenvalue weighted by Gasteiger charge is -2.11. The number of nitrogens with zero attached hydrogens (tertiary/aromatic N) is 3. The first-order chi connectivity index (χ1) is 9.09. The third-order valence-corrected chi connectivity index (χ3v) is 4.45. The second-order valence-electron chi connectivity index (χ2n) is 4.62. The molecule has 0 aliphatic carbocycles. The van der Waals surface area contributed by atoms with Crippen LogP contribution in [0.2, 0.25) is 0 Å². The van der Waals surface area contributed by atoms with Gasteiger partial charge in [-0.3, -0.25) is 9.00 Å². The van der Waals surface area contributed by atoms with E-state index in [1.54, 1.807) is 19.0 Å². The Bertz CT molecular complexity index is 505. The van der Waals surface area contributed by atoms with Crippen molar-refractivity contribution in [1.29, 1.82) is 0 Å². The predicted molar refractivity (Wildman–Crippen MR) is 73.4 cm³/mol. The van der Waals surface area contributed by atoms with E-state index in [4.69, 9.17) is 0 Å². The summed E-state index contributed by atoms with van der Waals surface area (Å²) in [5.74, 6) is 1.39. The number of aromatic nitrogens is 2. The molecule has 1 aromatic rings. The molecule has 0 aromatic carbocycles. The number of rotatable bonds is 5. The molecule has 1 aliphatic heterocycles. The molecule has 2 rings (SSSR count). The number of anilines is 1. The van der Waals surface area contributed by atoms with Crippen LogP contribution in [0.1, 0.15) is 18.5 Å². The Morgan fingerprint density at radius 1 is 1.47 bits per heavy atom. The molecule has 0 fully saturated rings. The monoisotopic (exact) mass is 282 g/mol. The van der Waals surface area contributed by atoms with Gasteiger partial charge in [0.25, 0.3) is 0 Å². The van der Waals surface area contributed by atoms with Gasteiger partial charge in [0.1, 0.15) is 17.0 Å². The van der Waals surface area contributed by atoms with Crippen LogP contribution >= 0.6 is 0 Å². The van der Waals surface area contributed by atoms with Gasteiger partial charge in [-0.2, -0.15) is 0 Å². The van der Waals surface area contributed by atoms with E-state index in [2.05, 4.69) is 15.3 Å². The lowest BCUT2D eigenvalue weighted by Crippen LogP contribution is -2.22. The van der Waals surface area contributed by atoms with E-state index in [1.165, 1.54) is 6.33 Å². The van der Waals surface area contributed by atoms with E-state index in [0.29, 0.717) is 24.5 Å². The molecule has 1 amide bonds. The van der Waals surface area contributed by atoms with Crippen molar-refractivity contribution < 1.29 is 9.00 Å². The van der Waals surface area contributed by atoms with Gasteiger partial charge in [-0.1, -0.05) is 0 Å². The van der Waals surface area contributed by atoms with Gasteiger partial charge in [0.05, 0.1) is 16.5 Å². The molecule has 1 N–H and O–H groups in total. The first-order valence-corrected chi connectivity index (χ1v) is 7.57. The lowest BCUT2D eigenvalue weighted by molar-refractivity contribution is -0.128. The van der Waals surface area contributed by atoms with Gasteiger partial charge in [-0.15, -0.1) is 0 Å². The molecule has 0 bridgehead atoms. The normalized spacial score (nSPS) is 17.1. The van der Waals surface area contributed by atoms with Crippen LogP contribution in [-0.4, -0.2) is 51.4 Å². The average Bonchev–Trinajstić information content (AvgIpc) is 2.77. The molecule has 2 heterocycles. The summed E-state index contributed by atoms with van der Waals surface area (Å²) in [4.78, 5) is 22.0. The molecule has 0 radical (unpaired) electrons. The molecule has 0 saturated heterocycles. The maximum absolute atomic E-state index is 11.8. The number of carbonyl (C=O) groups is 1. The molecule has 1 aromatic heterocycles. The summed E-state index contributed by atoms with van der Waals surface area (Å²) in [5, 5.41) is 3.15. The average molecular weight is 282 g/mol. The van der Waals surface area contributed by atoms with Gasteiger partial charge in [0.2, 0.25) is 5.91 Å². The lowest BCUT2D eigenvalue weighted by atomic mass is 10.3. The van der Waals surface area contributed by atoms with Crippen molar-refractivity contribution in [3.8, 4) is 0 Å².